The van der Waals surface area contributed by atoms with Gasteiger partial charge in [-0.3, -0.25) is 0 Å². The van der Waals surface area contributed by atoms with Crippen molar-refractivity contribution < 1.29 is 24.8 Å². The van der Waals surface area contributed by atoms with Crippen molar-refractivity contribution >= 4 is 0 Å². The summed E-state index contributed by atoms with van der Waals surface area (Å²) in [6.07, 6.45) is 4.13. The third-order valence-electron chi connectivity index (χ3n) is 4.16. The quantitative estimate of drug-likeness (QED) is 0.709. The Morgan fingerprint density at radius 1 is 0.650 bits per heavy atom. The number of aliphatic hydroxyl groups excluding tert-OH is 3. The molecule has 0 aromatic carbocycles. The molecule has 5 atom stereocenters. The summed E-state index contributed by atoms with van der Waals surface area (Å²) in [5.41, 5.74) is 0. The summed E-state index contributed by atoms with van der Waals surface area (Å²) < 4.78 is 10.2. The fraction of sp³-hybridized carbons (Fsp3) is 1.00. The Balaban J connectivity index is 0.000000200. The molecule has 0 amide bonds. The van der Waals surface area contributed by atoms with Gasteiger partial charge in [0.2, 0.25) is 0 Å². The standard InChI is InChI=1S/C8H16O2.C7H14O3/c1-6-3-7(9)5-8(4-6)10-2;1-10-7-3-5(8)2-6(9)4-7/h6-9H,3-5H2,1-2H3;5-9H,2-4H2,1H3/t6-,7?,8?;/m1./s1. The van der Waals surface area contributed by atoms with Gasteiger partial charge in [-0.05, 0) is 44.4 Å². The second-order valence-electron chi connectivity index (χ2n) is 6.20. The van der Waals surface area contributed by atoms with E-state index in [0.717, 1.165) is 19.3 Å². The summed E-state index contributed by atoms with van der Waals surface area (Å²) in [6.45, 7) is 2.16. The summed E-state index contributed by atoms with van der Waals surface area (Å²) in [5, 5.41) is 27.6. The van der Waals surface area contributed by atoms with Crippen LogP contribution in [0, 0.1) is 5.92 Å². The summed E-state index contributed by atoms with van der Waals surface area (Å²) in [6, 6.07) is 0. The Kier molecular flexibility index (Phi) is 7.99. The maximum atomic E-state index is 9.30. The van der Waals surface area contributed by atoms with E-state index in [1.807, 2.05) is 0 Å². The minimum absolute atomic E-state index is 0.0405. The van der Waals surface area contributed by atoms with Crippen molar-refractivity contribution in [2.24, 2.45) is 5.92 Å². The zero-order chi connectivity index (χ0) is 15.1. The molecule has 20 heavy (non-hydrogen) atoms. The van der Waals surface area contributed by atoms with Gasteiger partial charge in [0.1, 0.15) is 0 Å². The van der Waals surface area contributed by atoms with E-state index in [-0.39, 0.29) is 24.4 Å². The van der Waals surface area contributed by atoms with Crippen LogP contribution in [0.4, 0.5) is 0 Å². The topological polar surface area (TPSA) is 79.2 Å². The molecule has 2 fully saturated rings. The fourth-order valence-electron chi connectivity index (χ4n) is 3.10. The van der Waals surface area contributed by atoms with Crippen LogP contribution in [0.3, 0.4) is 0 Å². The number of hydrogen-bond donors (Lipinski definition) is 3. The highest BCUT2D eigenvalue weighted by molar-refractivity contribution is 4.78. The predicted octanol–water partition coefficient (Wildman–Crippen LogP) is 1.09. The van der Waals surface area contributed by atoms with E-state index in [1.54, 1.807) is 14.2 Å². The van der Waals surface area contributed by atoms with Crippen molar-refractivity contribution in [3.8, 4) is 0 Å². The van der Waals surface area contributed by atoms with E-state index in [9.17, 15) is 5.11 Å². The van der Waals surface area contributed by atoms with Crippen LogP contribution in [0.2, 0.25) is 0 Å². The number of aliphatic hydroxyl groups is 3. The van der Waals surface area contributed by atoms with Crippen LogP contribution in [0.15, 0.2) is 0 Å². The van der Waals surface area contributed by atoms with Crippen molar-refractivity contribution in [1.82, 2.24) is 0 Å². The van der Waals surface area contributed by atoms with Gasteiger partial charge in [0, 0.05) is 14.2 Å². The van der Waals surface area contributed by atoms with E-state index in [0.29, 0.717) is 31.3 Å². The third-order valence-corrected chi connectivity index (χ3v) is 4.16. The van der Waals surface area contributed by atoms with E-state index >= 15 is 0 Å². The zero-order valence-electron chi connectivity index (χ0n) is 12.9. The smallest absolute Gasteiger partial charge is 0.0620 e. The van der Waals surface area contributed by atoms with Crippen molar-refractivity contribution in [1.29, 1.82) is 0 Å². The van der Waals surface area contributed by atoms with Crippen molar-refractivity contribution in [2.75, 3.05) is 14.2 Å². The second-order valence-corrected chi connectivity index (χ2v) is 6.20. The van der Waals surface area contributed by atoms with Crippen LogP contribution >= 0.6 is 0 Å². The Hall–Kier alpha value is -0.200. The Labute approximate surface area is 121 Å². The summed E-state index contributed by atoms with van der Waals surface area (Å²) in [7, 11) is 3.32. The molecule has 4 unspecified atom stereocenters. The first-order valence-electron chi connectivity index (χ1n) is 7.54. The van der Waals surface area contributed by atoms with Crippen molar-refractivity contribution in [2.45, 2.75) is 76.0 Å². The molecular formula is C15H30O5. The summed E-state index contributed by atoms with van der Waals surface area (Å²) in [4.78, 5) is 0. The van der Waals surface area contributed by atoms with Gasteiger partial charge in [0.15, 0.2) is 0 Å². The molecule has 2 aliphatic rings. The zero-order valence-corrected chi connectivity index (χ0v) is 12.9. The number of rotatable bonds is 2. The Bertz CT molecular complexity index is 215. The fourth-order valence-corrected chi connectivity index (χ4v) is 3.10. The van der Waals surface area contributed by atoms with Gasteiger partial charge in [0.05, 0.1) is 30.5 Å². The van der Waals surface area contributed by atoms with Crippen molar-refractivity contribution in [3.63, 3.8) is 0 Å². The molecule has 120 valence electrons. The lowest BCUT2D eigenvalue weighted by atomic mass is 9.87. The molecule has 0 saturated heterocycles. The van der Waals surface area contributed by atoms with Crippen LogP contribution < -0.4 is 0 Å². The van der Waals surface area contributed by atoms with Gasteiger partial charge < -0.3 is 24.8 Å². The maximum absolute atomic E-state index is 9.30. The molecule has 0 spiro atoms. The lowest BCUT2D eigenvalue weighted by molar-refractivity contribution is -0.0424. The highest BCUT2D eigenvalue weighted by Gasteiger charge is 2.26. The van der Waals surface area contributed by atoms with Gasteiger partial charge in [-0.25, -0.2) is 0 Å². The molecule has 2 saturated carbocycles. The number of methoxy groups -OCH3 is 2. The average molecular weight is 290 g/mol. The average Bonchev–Trinajstić information content (AvgIpc) is 2.37. The van der Waals surface area contributed by atoms with Gasteiger partial charge in [-0.1, -0.05) is 6.92 Å². The van der Waals surface area contributed by atoms with Crippen LogP contribution in [0.25, 0.3) is 0 Å². The molecule has 2 rings (SSSR count). The van der Waals surface area contributed by atoms with Crippen LogP contribution in [0.1, 0.15) is 45.4 Å². The molecule has 0 radical (unpaired) electrons. The lowest BCUT2D eigenvalue weighted by Crippen LogP contribution is -2.33. The SMILES string of the molecule is COC1CC(O)CC(O)C1.COC1CC(O)C[C@@H](C)C1. The highest BCUT2D eigenvalue weighted by atomic mass is 16.5. The third kappa shape index (κ3) is 6.50. The predicted molar refractivity (Wildman–Crippen MR) is 76.5 cm³/mol. The van der Waals surface area contributed by atoms with Crippen LogP contribution in [-0.4, -0.2) is 60.1 Å². The van der Waals surface area contributed by atoms with Crippen LogP contribution in [-0.2, 0) is 9.47 Å². The largest absolute Gasteiger partial charge is 0.393 e. The molecule has 2 aliphatic carbocycles. The Morgan fingerprint density at radius 3 is 1.45 bits per heavy atom. The molecule has 0 aromatic heterocycles. The van der Waals surface area contributed by atoms with Crippen molar-refractivity contribution in [3.05, 3.63) is 0 Å². The highest BCUT2D eigenvalue weighted by Crippen LogP contribution is 2.25. The number of ether oxygens (including phenoxy) is 2. The van der Waals surface area contributed by atoms with E-state index in [1.165, 1.54) is 0 Å². The molecule has 5 nitrogen and oxygen atoms in total. The molecule has 0 aliphatic heterocycles. The minimum Gasteiger partial charge on any atom is -0.393 e. The second kappa shape index (κ2) is 8.95. The normalized spacial score (nSPS) is 41.7. The molecule has 0 heterocycles. The molecule has 0 bridgehead atoms. The monoisotopic (exact) mass is 290 g/mol. The van der Waals surface area contributed by atoms with Gasteiger partial charge in [-0.2, -0.15) is 0 Å². The summed E-state index contributed by atoms with van der Waals surface area (Å²) in [5.74, 6) is 0.619. The van der Waals surface area contributed by atoms with E-state index < -0.39 is 0 Å². The molecule has 0 aromatic rings. The van der Waals surface area contributed by atoms with Gasteiger partial charge >= 0.3 is 0 Å². The Morgan fingerprint density at radius 2 is 1.05 bits per heavy atom. The molecule has 5 heteroatoms. The first-order chi connectivity index (χ1) is 9.44. The summed E-state index contributed by atoms with van der Waals surface area (Å²) >= 11 is 0. The van der Waals surface area contributed by atoms with Gasteiger partial charge in [-0.15, -0.1) is 0 Å². The molecular weight excluding hydrogens is 260 g/mol. The lowest BCUT2D eigenvalue weighted by Gasteiger charge is -2.29. The van der Waals surface area contributed by atoms with Crippen LogP contribution in [0.5, 0.6) is 0 Å². The van der Waals surface area contributed by atoms with Gasteiger partial charge in [0.25, 0.3) is 0 Å². The molecule has 3 N–H and O–H groups in total. The van der Waals surface area contributed by atoms with E-state index in [4.69, 9.17) is 19.7 Å². The van der Waals surface area contributed by atoms with E-state index in [2.05, 4.69) is 6.92 Å². The first-order valence-corrected chi connectivity index (χ1v) is 7.54. The first kappa shape index (κ1) is 17.9. The number of hydrogen-bond acceptors (Lipinski definition) is 5. The maximum Gasteiger partial charge on any atom is 0.0620 e. The minimum atomic E-state index is -0.381.